The Morgan fingerprint density at radius 1 is 1.33 bits per heavy atom. The maximum Gasteiger partial charge on any atom is 0.346 e. The first-order valence-electron chi connectivity index (χ1n) is 4.87. The van der Waals surface area contributed by atoms with Crippen molar-refractivity contribution in [1.82, 2.24) is 0 Å². The Labute approximate surface area is 90.0 Å². The molecule has 0 fully saturated rings. The number of carbonyl (C=O) groups is 1. The predicted octanol–water partition coefficient (Wildman–Crippen LogP) is 2.24. The number of hydrogen-bond acceptors (Lipinski definition) is 3. The quantitative estimate of drug-likeness (QED) is 0.715. The molecule has 15 heavy (non-hydrogen) atoms. The van der Waals surface area contributed by atoms with E-state index in [2.05, 4.69) is 4.74 Å². The molecule has 0 aliphatic carbocycles. The molecule has 0 radical (unpaired) electrons. The van der Waals surface area contributed by atoms with Crippen molar-refractivity contribution in [1.29, 1.82) is 0 Å². The van der Waals surface area contributed by atoms with E-state index in [9.17, 15) is 4.79 Å². The van der Waals surface area contributed by atoms with Gasteiger partial charge in [-0.3, -0.25) is 0 Å². The van der Waals surface area contributed by atoms with Crippen LogP contribution in [0.15, 0.2) is 18.2 Å². The van der Waals surface area contributed by atoms with Gasteiger partial charge in [0.1, 0.15) is 5.75 Å². The predicted molar refractivity (Wildman–Crippen MR) is 58.0 cm³/mol. The molecule has 0 heterocycles. The molecule has 0 amide bonds. The average Bonchev–Trinajstić information content (AvgIpc) is 2.23. The first-order chi connectivity index (χ1) is 7.06. The van der Waals surface area contributed by atoms with Crippen molar-refractivity contribution in [2.24, 2.45) is 0 Å². The highest BCUT2D eigenvalue weighted by Crippen LogP contribution is 2.21. The summed E-state index contributed by atoms with van der Waals surface area (Å²) in [7, 11) is 1.35. The van der Waals surface area contributed by atoms with Gasteiger partial charge in [-0.1, -0.05) is 12.1 Å². The largest absolute Gasteiger partial charge is 0.479 e. The van der Waals surface area contributed by atoms with Crippen molar-refractivity contribution in [3.63, 3.8) is 0 Å². The van der Waals surface area contributed by atoms with Gasteiger partial charge >= 0.3 is 5.97 Å². The van der Waals surface area contributed by atoms with E-state index in [1.807, 2.05) is 32.0 Å². The number of methoxy groups -OCH3 is 1. The molecule has 1 rings (SSSR count). The van der Waals surface area contributed by atoms with Crippen LogP contribution >= 0.6 is 0 Å². The standard InChI is InChI=1S/C12H16O3/c1-8-6-5-7-11(9(8)2)15-10(3)12(13)14-4/h5-7,10H,1-4H3/t10-/m1/s1. The summed E-state index contributed by atoms with van der Waals surface area (Å²) >= 11 is 0. The summed E-state index contributed by atoms with van der Waals surface area (Å²) in [6.07, 6.45) is -0.574. The fraction of sp³-hybridized carbons (Fsp3) is 0.417. The van der Waals surface area contributed by atoms with E-state index in [1.54, 1.807) is 6.92 Å². The zero-order valence-electron chi connectivity index (χ0n) is 9.53. The second-order valence-corrected chi connectivity index (χ2v) is 3.48. The second kappa shape index (κ2) is 4.82. The summed E-state index contributed by atoms with van der Waals surface area (Å²) in [6, 6.07) is 5.76. The van der Waals surface area contributed by atoms with Gasteiger partial charge in [0.2, 0.25) is 0 Å². The highest BCUT2D eigenvalue weighted by atomic mass is 16.6. The van der Waals surface area contributed by atoms with E-state index < -0.39 is 6.10 Å². The van der Waals surface area contributed by atoms with E-state index in [1.165, 1.54) is 7.11 Å². The molecule has 3 nitrogen and oxygen atoms in total. The van der Waals surface area contributed by atoms with Crippen molar-refractivity contribution in [2.45, 2.75) is 26.9 Å². The van der Waals surface area contributed by atoms with E-state index >= 15 is 0 Å². The van der Waals surface area contributed by atoms with Crippen LogP contribution in [0.2, 0.25) is 0 Å². The minimum atomic E-state index is -0.574. The van der Waals surface area contributed by atoms with Crippen LogP contribution in [0.1, 0.15) is 18.1 Å². The molecule has 0 bridgehead atoms. The Balaban J connectivity index is 2.81. The molecule has 0 aliphatic heterocycles. The Morgan fingerprint density at radius 2 is 2.00 bits per heavy atom. The smallest absolute Gasteiger partial charge is 0.346 e. The van der Waals surface area contributed by atoms with Crippen molar-refractivity contribution < 1.29 is 14.3 Å². The molecule has 1 aromatic rings. The van der Waals surface area contributed by atoms with Crippen molar-refractivity contribution in [3.05, 3.63) is 29.3 Å². The van der Waals surface area contributed by atoms with Gasteiger partial charge in [-0.25, -0.2) is 4.79 Å². The maximum absolute atomic E-state index is 11.2. The third-order valence-electron chi connectivity index (χ3n) is 2.39. The van der Waals surface area contributed by atoms with Crippen LogP contribution in [0.5, 0.6) is 5.75 Å². The van der Waals surface area contributed by atoms with Crippen LogP contribution in [0.3, 0.4) is 0 Å². The van der Waals surface area contributed by atoms with Gasteiger partial charge in [-0.2, -0.15) is 0 Å². The topological polar surface area (TPSA) is 35.5 Å². The first kappa shape index (κ1) is 11.6. The summed E-state index contributed by atoms with van der Waals surface area (Å²) < 4.78 is 10.1. The zero-order valence-corrected chi connectivity index (χ0v) is 9.53. The van der Waals surface area contributed by atoms with E-state index in [0.29, 0.717) is 0 Å². The molecular weight excluding hydrogens is 192 g/mol. The fourth-order valence-electron chi connectivity index (χ4n) is 1.26. The number of esters is 1. The Bertz CT molecular complexity index is 358. The third kappa shape index (κ3) is 2.72. The van der Waals surface area contributed by atoms with Crippen molar-refractivity contribution in [2.75, 3.05) is 7.11 Å². The maximum atomic E-state index is 11.2. The number of ether oxygens (including phenoxy) is 2. The minimum Gasteiger partial charge on any atom is -0.479 e. The minimum absolute atomic E-state index is 0.365. The number of carbonyl (C=O) groups excluding carboxylic acids is 1. The molecule has 0 saturated carbocycles. The molecule has 0 spiro atoms. The number of aryl methyl sites for hydroxylation is 1. The third-order valence-corrected chi connectivity index (χ3v) is 2.39. The van der Waals surface area contributed by atoms with E-state index in [-0.39, 0.29) is 5.97 Å². The van der Waals surface area contributed by atoms with Crippen LogP contribution in [-0.2, 0) is 9.53 Å². The molecule has 0 saturated heterocycles. The monoisotopic (exact) mass is 208 g/mol. The Kier molecular flexibility index (Phi) is 3.72. The van der Waals surface area contributed by atoms with Crippen molar-refractivity contribution in [3.8, 4) is 5.75 Å². The van der Waals surface area contributed by atoms with Gasteiger partial charge in [0.05, 0.1) is 7.11 Å². The van der Waals surface area contributed by atoms with Gasteiger partial charge in [0.15, 0.2) is 6.10 Å². The lowest BCUT2D eigenvalue weighted by molar-refractivity contribution is -0.147. The number of rotatable bonds is 3. The molecule has 1 aromatic carbocycles. The molecule has 1 atom stereocenters. The number of benzene rings is 1. The Hall–Kier alpha value is -1.51. The lowest BCUT2D eigenvalue weighted by Crippen LogP contribution is -2.25. The second-order valence-electron chi connectivity index (χ2n) is 3.48. The van der Waals surface area contributed by atoms with Crippen LogP contribution in [-0.4, -0.2) is 19.2 Å². The van der Waals surface area contributed by atoms with Crippen LogP contribution in [0.4, 0.5) is 0 Å². The van der Waals surface area contributed by atoms with Crippen LogP contribution < -0.4 is 4.74 Å². The lowest BCUT2D eigenvalue weighted by atomic mass is 10.1. The Morgan fingerprint density at radius 3 is 2.60 bits per heavy atom. The summed E-state index contributed by atoms with van der Waals surface area (Å²) in [5, 5.41) is 0. The van der Waals surface area contributed by atoms with E-state index in [0.717, 1.165) is 16.9 Å². The highest BCUT2D eigenvalue weighted by Gasteiger charge is 2.15. The van der Waals surface area contributed by atoms with Gasteiger partial charge in [-0.05, 0) is 38.0 Å². The summed E-state index contributed by atoms with van der Waals surface area (Å²) in [5.74, 6) is 0.365. The van der Waals surface area contributed by atoms with E-state index in [4.69, 9.17) is 4.74 Å². The highest BCUT2D eigenvalue weighted by molar-refractivity contribution is 5.74. The molecule has 0 aliphatic rings. The van der Waals surface area contributed by atoms with Crippen LogP contribution in [0, 0.1) is 13.8 Å². The normalized spacial score (nSPS) is 12.0. The molecule has 82 valence electrons. The average molecular weight is 208 g/mol. The summed E-state index contributed by atoms with van der Waals surface area (Å²) in [6.45, 7) is 5.65. The van der Waals surface area contributed by atoms with Crippen molar-refractivity contribution >= 4 is 5.97 Å². The number of hydrogen-bond donors (Lipinski definition) is 0. The molecular formula is C12H16O3. The molecule has 0 aromatic heterocycles. The zero-order chi connectivity index (χ0) is 11.4. The molecule has 3 heteroatoms. The fourth-order valence-corrected chi connectivity index (χ4v) is 1.26. The summed E-state index contributed by atoms with van der Waals surface area (Å²) in [5.41, 5.74) is 2.19. The van der Waals surface area contributed by atoms with Gasteiger partial charge in [0.25, 0.3) is 0 Å². The van der Waals surface area contributed by atoms with Gasteiger partial charge < -0.3 is 9.47 Å². The first-order valence-corrected chi connectivity index (χ1v) is 4.87. The van der Waals surface area contributed by atoms with Gasteiger partial charge in [0, 0.05) is 0 Å². The van der Waals surface area contributed by atoms with Crippen LogP contribution in [0.25, 0.3) is 0 Å². The summed E-state index contributed by atoms with van der Waals surface area (Å²) in [4.78, 5) is 11.2. The SMILES string of the molecule is COC(=O)[C@@H](C)Oc1cccc(C)c1C. The lowest BCUT2D eigenvalue weighted by Gasteiger charge is -2.15. The molecule has 0 N–H and O–H groups in total. The van der Waals surface area contributed by atoms with Gasteiger partial charge in [-0.15, -0.1) is 0 Å². The molecule has 0 unspecified atom stereocenters.